The molecule has 1 aliphatic heterocycles. The molecule has 1 fully saturated rings. The van der Waals surface area contributed by atoms with Crippen LogP contribution in [0, 0.1) is 5.82 Å². The summed E-state index contributed by atoms with van der Waals surface area (Å²) in [7, 11) is 0. The summed E-state index contributed by atoms with van der Waals surface area (Å²) in [5, 5.41) is 0.500. The van der Waals surface area contributed by atoms with E-state index < -0.39 is 0 Å². The maximum atomic E-state index is 13.0. The van der Waals surface area contributed by atoms with Crippen molar-refractivity contribution in [3.05, 3.63) is 34.6 Å². The van der Waals surface area contributed by atoms with E-state index in [4.69, 9.17) is 17.3 Å². The van der Waals surface area contributed by atoms with Crippen LogP contribution in [0.25, 0.3) is 0 Å². The van der Waals surface area contributed by atoms with Crippen LogP contribution < -0.4 is 5.73 Å². The summed E-state index contributed by atoms with van der Waals surface area (Å²) in [4.78, 5) is 2.36. The van der Waals surface area contributed by atoms with Gasteiger partial charge in [0.1, 0.15) is 5.82 Å². The van der Waals surface area contributed by atoms with Gasteiger partial charge in [0, 0.05) is 23.7 Å². The Morgan fingerprint density at radius 2 is 2.35 bits per heavy atom. The third kappa shape index (κ3) is 2.62. The lowest BCUT2D eigenvalue weighted by Crippen LogP contribution is -2.37. The van der Waals surface area contributed by atoms with Gasteiger partial charge in [-0.25, -0.2) is 4.39 Å². The Morgan fingerprint density at radius 1 is 1.59 bits per heavy atom. The SMILES string of the molecule is CC(c1ccc(F)cc1Cl)N1CCCC1CN. The van der Waals surface area contributed by atoms with Crippen LogP contribution >= 0.6 is 11.6 Å². The second kappa shape index (κ2) is 5.34. The van der Waals surface area contributed by atoms with Gasteiger partial charge in [-0.05, 0) is 44.0 Å². The molecular formula is C13H18ClFN2. The number of benzene rings is 1. The smallest absolute Gasteiger partial charge is 0.124 e. The molecule has 4 heteroatoms. The van der Waals surface area contributed by atoms with Crippen LogP contribution in [0.5, 0.6) is 0 Å². The highest BCUT2D eigenvalue weighted by atomic mass is 35.5. The highest BCUT2D eigenvalue weighted by Crippen LogP contribution is 2.32. The summed E-state index contributed by atoms with van der Waals surface area (Å²) < 4.78 is 13.0. The van der Waals surface area contributed by atoms with E-state index in [9.17, 15) is 4.39 Å². The predicted molar refractivity (Wildman–Crippen MR) is 68.6 cm³/mol. The molecular weight excluding hydrogens is 239 g/mol. The predicted octanol–water partition coefficient (Wildman–Crippen LogP) is 2.96. The van der Waals surface area contributed by atoms with E-state index in [1.54, 1.807) is 6.07 Å². The van der Waals surface area contributed by atoms with Crippen molar-refractivity contribution in [3.8, 4) is 0 Å². The minimum absolute atomic E-state index is 0.194. The summed E-state index contributed by atoms with van der Waals surface area (Å²) >= 11 is 6.10. The minimum Gasteiger partial charge on any atom is -0.329 e. The zero-order chi connectivity index (χ0) is 12.4. The van der Waals surface area contributed by atoms with Gasteiger partial charge in [0.05, 0.1) is 0 Å². The number of likely N-dealkylation sites (tertiary alicyclic amines) is 1. The molecule has 0 bridgehead atoms. The molecule has 2 nitrogen and oxygen atoms in total. The van der Waals surface area contributed by atoms with E-state index in [1.165, 1.54) is 18.6 Å². The molecule has 1 saturated heterocycles. The molecule has 0 saturated carbocycles. The Balaban J connectivity index is 2.21. The van der Waals surface area contributed by atoms with Crippen molar-refractivity contribution in [1.82, 2.24) is 4.90 Å². The van der Waals surface area contributed by atoms with E-state index in [2.05, 4.69) is 11.8 Å². The molecule has 0 spiro atoms. The van der Waals surface area contributed by atoms with Gasteiger partial charge in [-0.1, -0.05) is 17.7 Å². The van der Waals surface area contributed by atoms with Crippen molar-refractivity contribution in [2.24, 2.45) is 5.73 Å². The van der Waals surface area contributed by atoms with Crippen molar-refractivity contribution in [2.45, 2.75) is 31.8 Å². The molecule has 1 aliphatic rings. The highest BCUT2D eigenvalue weighted by Gasteiger charge is 2.28. The molecule has 1 heterocycles. The first kappa shape index (κ1) is 12.8. The average molecular weight is 257 g/mol. The third-order valence-electron chi connectivity index (χ3n) is 3.60. The van der Waals surface area contributed by atoms with Gasteiger partial charge in [-0.2, -0.15) is 0 Å². The number of halogens is 2. The lowest BCUT2D eigenvalue weighted by molar-refractivity contribution is 0.197. The second-order valence-electron chi connectivity index (χ2n) is 4.61. The number of hydrogen-bond acceptors (Lipinski definition) is 2. The topological polar surface area (TPSA) is 29.3 Å². The molecule has 0 aromatic heterocycles. The summed E-state index contributed by atoms with van der Waals surface area (Å²) in [6.45, 7) is 3.81. The Hall–Kier alpha value is -0.640. The van der Waals surface area contributed by atoms with Crippen LogP contribution in [-0.4, -0.2) is 24.0 Å². The van der Waals surface area contributed by atoms with Crippen LogP contribution in [0.2, 0.25) is 5.02 Å². The molecule has 0 amide bonds. The van der Waals surface area contributed by atoms with Gasteiger partial charge >= 0.3 is 0 Å². The van der Waals surface area contributed by atoms with Crippen LogP contribution in [0.15, 0.2) is 18.2 Å². The molecule has 2 unspecified atom stereocenters. The zero-order valence-electron chi connectivity index (χ0n) is 10.00. The summed E-state index contributed by atoms with van der Waals surface area (Å²) in [5.74, 6) is -0.289. The van der Waals surface area contributed by atoms with E-state index >= 15 is 0 Å². The molecule has 94 valence electrons. The Kier molecular flexibility index (Phi) is 4.02. The normalized spacial score (nSPS) is 22.9. The first-order valence-electron chi connectivity index (χ1n) is 6.04. The fraction of sp³-hybridized carbons (Fsp3) is 0.538. The van der Waals surface area contributed by atoms with Gasteiger partial charge in [-0.15, -0.1) is 0 Å². The summed E-state index contributed by atoms with van der Waals surface area (Å²) in [6.07, 6.45) is 2.31. The number of nitrogens with two attached hydrogens (primary N) is 1. The zero-order valence-corrected chi connectivity index (χ0v) is 10.8. The van der Waals surface area contributed by atoms with Crippen molar-refractivity contribution >= 4 is 11.6 Å². The highest BCUT2D eigenvalue weighted by molar-refractivity contribution is 6.31. The van der Waals surface area contributed by atoms with Gasteiger partial charge < -0.3 is 5.73 Å². The van der Waals surface area contributed by atoms with Crippen molar-refractivity contribution in [3.63, 3.8) is 0 Å². The van der Waals surface area contributed by atoms with E-state index in [0.29, 0.717) is 17.6 Å². The molecule has 2 N–H and O–H groups in total. The van der Waals surface area contributed by atoms with Crippen LogP contribution in [0.3, 0.4) is 0 Å². The second-order valence-corrected chi connectivity index (χ2v) is 5.02. The largest absolute Gasteiger partial charge is 0.329 e. The molecule has 1 aromatic rings. The van der Waals surface area contributed by atoms with Crippen LogP contribution in [-0.2, 0) is 0 Å². The molecule has 0 radical (unpaired) electrons. The standard InChI is InChI=1S/C13H18ClFN2/c1-9(17-6-2-3-11(17)8-16)12-5-4-10(15)7-13(12)14/h4-5,7,9,11H,2-3,6,8,16H2,1H3. The number of nitrogens with zero attached hydrogens (tertiary/aromatic N) is 1. The molecule has 2 atom stereocenters. The third-order valence-corrected chi connectivity index (χ3v) is 3.93. The average Bonchev–Trinajstić information content (AvgIpc) is 2.76. The van der Waals surface area contributed by atoms with Crippen LogP contribution in [0.4, 0.5) is 4.39 Å². The first-order chi connectivity index (χ1) is 8.13. The number of hydrogen-bond donors (Lipinski definition) is 1. The number of rotatable bonds is 3. The first-order valence-corrected chi connectivity index (χ1v) is 6.42. The molecule has 2 rings (SSSR count). The Morgan fingerprint density at radius 3 is 3.00 bits per heavy atom. The lowest BCUT2D eigenvalue weighted by atomic mass is 10.1. The minimum atomic E-state index is -0.289. The fourth-order valence-electron chi connectivity index (χ4n) is 2.64. The fourth-order valence-corrected chi connectivity index (χ4v) is 2.97. The Bertz CT molecular complexity index is 397. The quantitative estimate of drug-likeness (QED) is 0.901. The van der Waals surface area contributed by atoms with Crippen molar-refractivity contribution in [2.75, 3.05) is 13.1 Å². The van der Waals surface area contributed by atoms with E-state index in [-0.39, 0.29) is 11.9 Å². The van der Waals surface area contributed by atoms with Gasteiger partial charge in [-0.3, -0.25) is 4.90 Å². The maximum Gasteiger partial charge on any atom is 0.124 e. The Labute approximate surface area is 107 Å². The van der Waals surface area contributed by atoms with Crippen molar-refractivity contribution < 1.29 is 4.39 Å². The van der Waals surface area contributed by atoms with E-state index in [1.807, 2.05) is 0 Å². The summed E-state index contributed by atoms with van der Waals surface area (Å²) in [6, 6.07) is 5.23. The van der Waals surface area contributed by atoms with Gasteiger partial charge in [0.25, 0.3) is 0 Å². The lowest BCUT2D eigenvalue weighted by Gasteiger charge is -2.30. The van der Waals surface area contributed by atoms with Gasteiger partial charge in [0.15, 0.2) is 0 Å². The maximum absolute atomic E-state index is 13.0. The van der Waals surface area contributed by atoms with E-state index in [0.717, 1.165) is 18.5 Å². The summed E-state index contributed by atoms with van der Waals surface area (Å²) in [5.41, 5.74) is 6.75. The van der Waals surface area contributed by atoms with Crippen molar-refractivity contribution in [1.29, 1.82) is 0 Å². The molecule has 1 aromatic carbocycles. The monoisotopic (exact) mass is 256 g/mol. The van der Waals surface area contributed by atoms with Crippen LogP contribution in [0.1, 0.15) is 31.4 Å². The van der Waals surface area contributed by atoms with Gasteiger partial charge in [0.2, 0.25) is 0 Å². The molecule has 17 heavy (non-hydrogen) atoms. The molecule has 0 aliphatic carbocycles.